The van der Waals surface area contributed by atoms with E-state index in [9.17, 15) is 15.0 Å². The minimum atomic E-state index is -0.533. The van der Waals surface area contributed by atoms with Crippen molar-refractivity contribution in [1.82, 2.24) is 0 Å². The lowest BCUT2D eigenvalue weighted by Gasteiger charge is -2.02. The minimum absolute atomic E-state index is 0.265. The van der Waals surface area contributed by atoms with Crippen LogP contribution in [0.5, 0.6) is 11.5 Å². The molecule has 0 aliphatic rings. The van der Waals surface area contributed by atoms with Gasteiger partial charge in [-0.2, -0.15) is 0 Å². The van der Waals surface area contributed by atoms with Crippen molar-refractivity contribution in [3.05, 3.63) is 45.8 Å². The monoisotopic (exact) mass is 296 g/mol. The zero-order chi connectivity index (χ0) is 15.6. The third-order valence-electron chi connectivity index (χ3n) is 4.03. The first-order valence-electron chi connectivity index (χ1n) is 6.78. The molecule has 0 saturated carbocycles. The molecule has 0 saturated heterocycles. The number of hydrogen-bond acceptors (Lipinski definition) is 5. The van der Waals surface area contributed by atoms with E-state index >= 15 is 0 Å². The lowest BCUT2D eigenvalue weighted by molar-refractivity contribution is 0.404. The molecule has 0 bridgehead atoms. The zero-order valence-electron chi connectivity index (χ0n) is 11.9. The topological polar surface area (TPSA) is 83.8 Å². The number of aromatic hydroxyl groups is 2. The van der Waals surface area contributed by atoms with Crippen LogP contribution in [0.3, 0.4) is 0 Å². The Hall–Kier alpha value is -2.95. The lowest BCUT2D eigenvalue weighted by atomic mass is 10.1. The van der Waals surface area contributed by atoms with Crippen LogP contribution in [-0.4, -0.2) is 10.2 Å². The highest BCUT2D eigenvalue weighted by molar-refractivity contribution is 6.13. The van der Waals surface area contributed by atoms with Gasteiger partial charge >= 0.3 is 5.63 Å². The van der Waals surface area contributed by atoms with Crippen molar-refractivity contribution < 1.29 is 19.0 Å². The highest BCUT2D eigenvalue weighted by atomic mass is 16.4. The van der Waals surface area contributed by atoms with Gasteiger partial charge in [-0.3, -0.25) is 0 Å². The largest absolute Gasteiger partial charge is 0.504 e. The van der Waals surface area contributed by atoms with Crippen molar-refractivity contribution in [1.29, 1.82) is 0 Å². The molecule has 0 spiro atoms. The summed E-state index contributed by atoms with van der Waals surface area (Å²) in [5.74, 6) is -0.609. The van der Waals surface area contributed by atoms with Gasteiger partial charge in [0.2, 0.25) is 0 Å². The van der Waals surface area contributed by atoms with E-state index < -0.39 is 5.63 Å². The van der Waals surface area contributed by atoms with Gasteiger partial charge in [-0.1, -0.05) is 0 Å². The number of aryl methyl sites for hydroxylation is 2. The summed E-state index contributed by atoms with van der Waals surface area (Å²) in [6.45, 7) is 3.90. The Balaban J connectivity index is 2.31. The molecular weight excluding hydrogens is 284 g/mol. The third kappa shape index (κ3) is 1.56. The van der Waals surface area contributed by atoms with Crippen molar-refractivity contribution in [2.45, 2.75) is 13.8 Å². The van der Waals surface area contributed by atoms with E-state index in [0.29, 0.717) is 27.5 Å². The number of fused-ring (bicyclic) bond motifs is 5. The molecule has 4 aromatic rings. The van der Waals surface area contributed by atoms with Gasteiger partial charge in [-0.05, 0) is 43.2 Å². The second-order valence-corrected chi connectivity index (χ2v) is 5.47. The van der Waals surface area contributed by atoms with Crippen LogP contribution >= 0.6 is 0 Å². The standard InChI is InChI=1S/C17H12O5/c1-7-3-10-13(4-8(7)2)22-17(20)15-9-5-11(18)12(19)6-14(9)21-16(10)15/h3-6,18-19H,1-2H3. The lowest BCUT2D eigenvalue weighted by Crippen LogP contribution is -1.98. The molecule has 0 aliphatic carbocycles. The summed E-state index contributed by atoms with van der Waals surface area (Å²) >= 11 is 0. The zero-order valence-corrected chi connectivity index (χ0v) is 11.9. The fourth-order valence-electron chi connectivity index (χ4n) is 2.72. The van der Waals surface area contributed by atoms with Crippen molar-refractivity contribution >= 4 is 32.9 Å². The molecule has 0 amide bonds. The molecule has 0 fully saturated rings. The Morgan fingerprint density at radius 2 is 1.45 bits per heavy atom. The summed E-state index contributed by atoms with van der Waals surface area (Å²) in [7, 11) is 0. The van der Waals surface area contributed by atoms with E-state index in [1.165, 1.54) is 12.1 Å². The summed E-state index contributed by atoms with van der Waals surface area (Å²) in [4.78, 5) is 12.3. The molecule has 4 rings (SSSR count). The third-order valence-corrected chi connectivity index (χ3v) is 4.03. The summed E-state index contributed by atoms with van der Waals surface area (Å²) < 4.78 is 11.1. The Morgan fingerprint density at radius 1 is 0.818 bits per heavy atom. The first-order chi connectivity index (χ1) is 10.5. The molecule has 22 heavy (non-hydrogen) atoms. The minimum Gasteiger partial charge on any atom is -0.504 e. The molecule has 2 aromatic carbocycles. The van der Waals surface area contributed by atoms with Crippen LogP contribution in [-0.2, 0) is 0 Å². The highest BCUT2D eigenvalue weighted by Crippen LogP contribution is 2.37. The van der Waals surface area contributed by atoms with E-state index in [0.717, 1.165) is 11.1 Å². The predicted molar refractivity (Wildman–Crippen MR) is 82.6 cm³/mol. The Labute approximate surface area is 124 Å². The molecule has 0 radical (unpaired) electrons. The first kappa shape index (κ1) is 12.8. The molecule has 0 unspecified atom stereocenters. The number of hydrogen-bond donors (Lipinski definition) is 2. The number of rotatable bonds is 0. The van der Waals surface area contributed by atoms with Gasteiger partial charge in [0, 0.05) is 11.5 Å². The highest BCUT2D eigenvalue weighted by Gasteiger charge is 2.18. The van der Waals surface area contributed by atoms with Crippen LogP contribution in [0.2, 0.25) is 0 Å². The molecular formula is C17H12O5. The summed E-state index contributed by atoms with van der Waals surface area (Å²) in [6, 6.07) is 6.29. The fraction of sp³-hybridized carbons (Fsp3) is 0.118. The van der Waals surface area contributed by atoms with Crippen LogP contribution in [0.4, 0.5) is 0 Å². The number of benzene rings is 2. The van der Waals surface area contributed by atoms with E-state index in [-0.39, 0.29) is 16.9 Å². The smallest absolute Gasteiger partial charge is 0.348 e. The number of phenolic OH excluding ortho intramolecular Hbond substituents is 2. The van der Waals surface area contributed by atoms with Crippen LogP contribution in [0.15, 0.2) is 37.9 Å². The first-order valence-corrected chi connectivity index (χ1v) is 6.78. The molecule has 5 heteroatoms. The molecule has 2 aromatic heterocycles. The molecule has 2 N–H and O–H groups in total. The van der Waals surface area contributed by atoms with Crippen molar-refractivity contribution in [3.8, 4) is 11.5 Å². The Kier molecular flexibility index (Phi) is 2.34. The van der Waals surface area contributed by atoms with Gasteiger partial charge in [0.25, 0.3) is 0 Å². The van der Waals surface area contributed by atoms with Gasteiger partial charge in [0.15, 0.2) is 17.1 Å². The van der Waals surface area contributed by atoms with Gasteiger partial charge < -0.3 is 19.0 Å². The maximum absolute atomic E-state index is 12.3. The van der Waals surface area contributed by atoms with Crippen LogP contribution in [0.25, 0.3) is 32.9 Å². The molecule has 0 aliphatic heterocycles. The van der Waals surface area contributed by atoms with Crippen LogP contribution in [0, 0.1) is 13.8 Å². The fourth-order valence-corrected chi connectivity index (χ4v) is 2.72. The molecule has 2 heterocycles. The molecule has 110 valence electrons. The maximum Gasteiger partial charge on any atom is 0.348 e. The summed E-state index contributed by atoms with van der Waals surface area (Å²) in [5.41, 5.74) is 2.70. The van der Waals surface area contributed by atoms with Crippen molar-refractivity contribution in [2.75, 3.05) is 0 Å². The average molecular weight is 296 g/mol. The second kappa shape index (κ2) is 4.04. The van der Waals surface area contributed by atoms with Crippen LogP contribution in [0.1, 0.15) is 11.1 Å². The van der Waals surface area contributed by atoms with Gasteiger partial charge in [-0.15, -0.1) is 0 Å². The SMILES string of the molecule is Cc1cc2oc(=O)c3c4cc(O)c(O)cc4oc3c2cc1C. The van der Waals surface area contributed by atoms with E-state index in [1.807, 2.05) is 19.9 Å². The normalized spacial score (nSPS) is 11.7. The second-order valence-electron chi connectivity index (χ2n) is 5.47. The number of furan rings is 1. The van der Waals surface area contributed by atoms with E-state index in [1.54, 1.807) is 6.07 Å². The van der Waals surface area contributed by atoms with Gasteiger partial charge in [0.1, 0.15) is 16.6 Å². The van der Waals surface area contributed by atoms with Gasteiger partial charge in [0.05, 0.1) is 5.39 Å². The Morgan fingerprint density at radius 3 is 2.23 bits per heavy atom. The van der Waals surface area contributed by atoms with Crippen molar-refractivity contribution in [3.63, 3.8) is 0 Å². The van der Waals surface area contributed by atoms with E-state index in [2.05, 4.69) is 0 Å². The van der Waals surface area contributed by atoms with Crippen molar-refractivity contribution in [2.24, 2.45) is 0 Å². The van der Waals surface area contributed by atoms with Gasteiger partial charge in [-0.25, -0.2) is 4.79 Å². The average Bonchev–Trinajstić information content (AvgIpc) is 2.81. The molecule has 5 nitrogen and oxygen atoms in total. The predicted octanol–water partition coefficient (Wildman–Crippen LogP) is 3.72. The summed E-state index contributed by atoms with van der Waals surface area (Å²) in [5, 5.41) is 20.6. The Bertz CT molecular complexity index is 1130. The molecule has 0 atom stereocenters. The maximum atomic E-state index is 12.3. The van der Waals surface area contributed by atoms with E-state index in [4.69, 9.17) is 8.83 Å². The number of phenols is 2. The van der Waals surface area contributed by atoms with Crippen LogP contribution < -0.4 is 5.63 Å². The quantitative estimate of drug-likeness (QED) is 0.381. The summed E-state index contributed by atoms with van der Waals surface area (Å²) in [6.07, 6.45) is 0.